The van der Waals surface area contributed by atoms with E-state index < -0.39 is 0 Å². The Balaban J connectivity index is 2.71. The van der Waals surface area contributed by atoms with Gasteiger partial charge in [0.25, 0.3) is 0 Å². The van der Waals surface area contributed by atoms with Crippen molar-refractivity contribution in [1.29, 1.82) is 0 Å². The minimum absolute atomic E-state index is 0.411. The molecule has 1 aromatic heterocycles. The summed E-state index contributed by atoms with van der Waals surface area (Å²) in [5.41, 5.74) is 10.6. The predicted octanol–water partition coefficient (Wildman–Crippen LogP) is 3.89. The number of methoxy groups -OCH3 is 1. The van der Waals surface area contributed by atoms with E-state index in [2.05, 4.69) is 31.9 Å². The zero-order valence-corrected chi connectivity index (χ0v) is 13.6. The van der Waals surface area contributed by atoms with E-state index in [1.165, 1.54) is 5.56 Å². The molecule has 2 aromatic rings. The molecule has 21 heavy (non-hydrogen) atoms. The van der Waals surface area contributed by atoms with Crippen molar-refractivity contribution in [2.75, 3.05) is 12.8 Å². The summed E-state index contributed by atoms with van der Waals surface area (Å²) in [5.74, 6) is 1.95. The Morgan fingerprint density at radius 2 is 1.95 bits per heavy atom. The largest absolute Gasteiger partial charge is 0.496 e. The average Bonchev–Trinajstić information content (AvgIpc) is 2.76. The summed E-state index contributed by atoms with van der Waals surface area (Å²) in [5, 5.41) is 4.67. The van der Waals surface area contributed by atoms with Crippen molar-refractivity contribution in [3.63, 3.8) is 0 Å². The maximum Gasteiger partial charge on any atom is 0.129 e. The summed E-state index contributed by atoms with van der Waals surface area (Å²) < 4.78 is 7.30. The van der Waals surface area contributed by atoms with Crippen LogP contribution in [0.3, 0.4) is 0 Å². The van der Waals surface area contributed by atoms with Gasteiger partial charge in [-0.2, -0.15) is 5.10 Å². The van der Waals surface area contributed by atoms with E-state index in [0.717, 1.165) is 35.4 Å². The molecule has 1 aromatic carbocycles. The minimum atomic E-state index is 0.411. The molecule has 0 saturated heterocycles. The molecule has 0 bridgehead atoms. The molecule has 0 spiro atoms. The Morgan fingerprint density at radius 1 is 1.29 bits per heavy atom. The van der Waals surface area contributed by atoms with Gasteiger partial charge in [0, 0.05) is 18.5 Å². The zero-order chi connectivity index (χ0) is 15.6. The molecule has 4 nitrogen and oxygen atoms in total. The van der Waals surface area contributed by atoms with Crippen LogP contribution in [0.4, 0.5) is 5.82 Å². The smallest absolute Gasteiger partial charge is 0.129 e. The van der Waals surface area contributed by atoms with Gasteiger partial charge in [-0.1, -0.05) is 25.5 Å². The third kappa shape index (κ3) is 2.75. The molecule has 0 atom stereocenters. The van der Waals surface area contributed by atoms with Gasteiger partial charge in [0.15, 0.2) is 0 Å². The monoisotopic (exact) mass is 287 g/mol. The number of nitrogens with two attached hydrogens (primary N) is 1. The van der Waals surface area contributed by atoms with Crippen LogP contribution in [-0.2, 0) is 7.05 Å². The first-order valence-electron chi connectivity index (χ1n) is 7.50. The number of ether oxygens (including phenoxy) is 1. The maximum atomic E-state index is 6.30. The van der Waals surface area contributed by atoms with Crippen molar-refractivity contribution in [1.82, 2.24) is 9.78 Å². The highest BCUT2D eigenvalue weighted by molar-refractivity contribution is 5.81. The number of hydrogen-bond donors (Lipinski definition) is 1. The Hall–Kier alpha value is -1.97. The molecule has 0 fully saturated rings. The number of anilines is 1. The van der Waals surface area contributed by atoms with E-state index in [9.17, 15) is 0 Å². The molecule has 0 aliphatic rings. The van der Waals surface area contributed by atoms with Gasteiger partial charge >= 0.3 is 0 Å². The lowest BCUT2D eigenvalue weighted by molar-refractivity contribution is 0.416. The first-order valence-corrected chi connectivity index (χ1v) is 7.50. The summed E-state index contributed by atoms with van der Waals surface area (Å²) in [4.78, 5) is 0. The van der Waals surface area contributed by atoms with Crippen molar-refractivity contribution < 1.29 is 4.74 Å². The van der Waals surface area contributed by atoms with Crippen molar-refractivity contribution in [2.45, 2.75) is 39.5 Å². The number of nitrogens with zero attached hydrogens (tertiary/aromatic N) is 2. The van der Waals surface area contributed by atoms with Crippen LogP contribution in [0.25, 0.3) is 11.1 Å². The average molecular weight is 287 g/mol. The highest BCUT2D eigenvalue weighted by Gasteiger charge is 2.23. The SMILES string of the molecule is CCC(CC)c1nn(C)c(N)c1-c1cc(C)ccc1OC. The predicted molar refractivity (Wildman–Crippen MR) is 87.7 cm³/mol. The van der Waals surface area contributed by atoms with E-state index in [1.807, 2.05) is 19.2 Å². The zero-order valence-electron chi connectivity index (χ0n) is 13.6. The number of aryl methyl sites for hydroxylation is 2. The van der Waals surface area contributed by atoms with Gasteiger partial charge in [-0.05, 0) is 31.9 Å². The molecule has 0 saturated carbocycles. The van der Waals surface area contributed by atoms with Gasteiger partial charge in [-0.15, -0.1) is 0 Å². The summed E-state index contributed by atoms with van der Waals surface area (Å²) in [6, 6.07) is 6.16. The Morgan fingerprint density at radius 3 is 2.52 bits per heavy atom. The van der Waals surface area contributed by atoms with Gasteiger partial charge in [0.2, 0.25) is 0 Å². The van der Waals surface area contributed by atoms with Gasteiger partial charge in [-0.3, -0.25) is 4.68 Å². The van der Waals surface area contributed by atoms with E-state index in [4.69, 9.17) is 10.5 Å². The lowest BCUT2D eigenvalue weighted by atomic mass is 9.92. The maximum absolute atomic E-state index is 6.30. The molecular formula is C17H25N3O. The van der Waals surface area contributed by atoms with Crippen LogP contribution in [0.1, 0.15) is 43.9 Å². The number of benzene rings is 1. The first-order chi connectivity index (χ1) is 10.0. The summed E-state index contributed by atoms with van der Waals surface area (Å²) >= 11 is 0. The number of aromatic nitrogens is 2. The van der Waals surface area contributed by atoms with Crippen molar-refractivity contribution in [3.8, 4) is 16.9 Å². The molecule has 114 valence electrons. The van der Waals surface area contributed by atoms with Crippen LogP contribution < -0.4 is 10.5 Å². The van der Waals surface area contributed by atoms with Crippen LogP contribution in [0.15, 0.2) is 18.2 Å². The molecule has 0 radical (unpaired) electrons. The Kier molecular flexibility index (Phi) is 4.56. The number of rotatable bonds is 5. The highest BCUT2D eigenvalue weighted by atomic mass is 16.5. The molecule has 1 heterocycles. The van der Waals surface area contributed by atoms with E-state index >= 15 is 0 Å². The fraction of sp³-hybridized carbons (Fsp3) is 0.471. The quantitative estimate of drug-likeness (QED) is 0.907. The molecule has 0 unspecified atom stereocenters. The molecule has 2 N–H and O–H groups in total. The van der Waals surface area contributed by atoms with Crippen molar-refractivity contribution in [3.05, 3.63) is 29.5 Å². The van der Waals surface area contributed by atoms with E-state index in [-0.39, 0.29) is 0 Å². The van der Waals surface area contributed by atoms with Crippen LogP contribution in [0.5, 0.6) is 5.75 Å². The second-order valence-electron chi connectivity index (χ2n) is 5.49. The summed E-state index contributed by atoms with van der Waals surface area (Å²) in [6.07, 6.45) is 2.10. The fourth-order valence-corrected chi connectivity index (χ4v) is 2.81. The minimum Gasteiger partial charge on any atom is -0.496 e. The fourth-order valence-electron chi connectivity index (χ4n) is 2.81. The van der Waals surface area contributed by atoms with Crippen molar-refractivity contribution >= 4 is 5.82 Å². The van der Waals surface area contributed by atoms with E-state index in [0.29, 0.717) is 11.7 Å². The first kappa shape index (κ1) is 15.4. The topological polar surface area (TPSA) is 53.1 Å². The Bertz CT molecular complexity index is 627. The van der Waals surface area contributed by atoms with Crippen LogP contribution >= 0.6 is 0 Å². The normalized spacial score (nSPS) is 11.1. The lowest BCUT2D eigenvalue weighted by Gasteiger charge is -2.15. The molecule has 4 heteroatoms. The van der Waals surface area contributed by atoms with Gasteiger partial charge in [0.1, 0.15) is 11.6 Å². The third-order valence-electron chi connectivity index (χ3n) is 4.12. The summed E-state index contributed by atoms with van der Waals surface area (Å²) in [6.45, 7) is 6.46. The second-order valence-corrected chi connectivity index (χ2v) is 5.49. The molecule has 0 amide bonds. The van der Waals surface area contributed by atoms with Crippen LogP contribution in [-0.4, -0.2) is 16.9 Å². The van der Waals surface area contributed by atoms with Gasteiger partial charge in [-0.25, -0.2) is 0 Å². The van der Waals surface area contributed by atoms with Gasteiger partial charge in [0.05, 0.1) is 18.4 Å². The molecule has 2 rings (SSSR count). The van der Waals surface area contributed by atoms with Crippen LogP contribution in [0, 0.1) is 6.92 Å². The molecule has 0 aliphatic heterocycles. The van der Waals surface area contributed by atoms with E-state index in [1.54, 1.807) is 11.8 Å². The number of nitrogen functional groups attached to an aromatic ring is 1. The van der Waals surface area contributed by atoms with Crippen LogP contribution in [0.2, 0.25) is 0 Å². The number of hydrogen-bond acceptors (Lipinski definition) is 3. The lowest BCUT2D eigenvalue weighted by Crippen LogP contribution is -2.00. The van der Waals surface area contributed by atoms with Crippen molar-refractivity contribution in [2.24, 2.45) is 7.05 Å². The highest BCUT2D eigenvalue weighted by Crippen LogP contribution is 2.40. The standard InChI is InChI=1S/C17H25N3O/c1-6-12(7-2)16-15(17(18)20(4)19-16)13-10-11(3)8-9-14(13)21-5/h8-10,12H,6-7,18H2,1-5H3. The third-order valence-corrected chi connectivity index (χ3v) is 4.12. The molecule has 0 aliphatic carbocycles. The molecular weight excluding hydrogens is 262 g/mol. The Labute approximate surface area is 126 Å². The second kappa shape index (κ2) is 6.20. The summed E-state index contributed by atoms with van der Waals surface area (Å²) in [7, 11) is 3.59. The van der Waals surface area contributed by atoms with Gasteiger partial charge < -0.3 is 10.5 Å².